The molecule has 6 unspecified atom stereocenters. The Kier molecular flexibility index (Phi) is 27.5. The zero-order chi connectivity index (χ0) is 33.0. The molecule has 0 aliphatic carbocycles. The average Bonchev–Trinajstić information content (AvgIpc) is 3.04. The maximum atomic E-state index is 12.6. The summed E-state index contributed by atoms with van der Waals surface area (Å²) in [5.74, 6) is -0.313. The Morgan fingerprint density at radius 3 is 1.58 bits per heavy atom. The molecule has 268 valence electrons. The highest BCUT2D eigenvalue weighted by Crippen LogP contribution is 2.22. The van der Waals surface area contributed by atoms with Gasteiger partial charge in [-0.25, -0.2) is 0 Å². The third kappa shape index (κ3) is 21.6. The van der Waals surface area contributed by atoms with Crippen LogP contribution < -0.4 is 0 Å². The van der Waals surface area contributed by atoms with Crippen molar-refractivity contribution in [2.75, 3.05) is 26.4 Å². The lowest BCUT2D eigenvalue weighted by molar-refractivity contribution is -0.305. The SMILES string of the molecule is CCCCCCCCCCCCCCCCCC(=O)OC(COCCCCCCCCC)COC1OC(CO)C(O)C(O)C1O. The zero-order valence-electron chi connectivity index (χ0n) is 28.9. The van der Waals surface area contributed by atoms with Crippen molar-refractivity contribution in [2.45, 2.75) is 198 Å². The summed E-state index contributed by atoms with van der Waals surface area (Å²) >= 11 is 0. The highest BCUT2D eigenvalue weighted by atomic mass is 16.7. The van der Waals surface area contributed by atoms with E-state index in [1.807, 2.05) is 0 Å². The molecule has 0 aromatic carbocycles. The van der Waals surface area contributed by atoms with E-state index in [0.717, 1.165) is 32.1 Å². The number of esters is 1. The summed E-state index contributed by atoms with van der Waals surface area (Å²) in [6.07, 6.45) is 19.9. The van der Waals surface area contributed by atoms with Crippen LogP contribution in [0.4, 0.5) is 0 Å². The van der Waals surface area contributed by atoms with Gasteiger partial charge in [0, 0.05) is 13.0 Å². The molecule has 1 aliphatic rings. The first-order valence-electron chi connectivity index (χ1n) is 18.6. The Bertz CT molecular complexity index is 662. The molecule has 1 aliphatic heterocycles. The summed E-state index contributed by atoms with van der Waals surface area (Å²) in [5.41, 5.74) is 0. The third-order valence-corrected chi connectivity index (χ3v) is 8.77. The van der Waals surface area contributed by atoms with E-state index in [1.54, 1.807) is 0 Å². The predicted molar refractivity (Wildman–Crippen MR) is 178 cm³/mol. The normalized spacial score (nSPS) is 22.5. The van der Waals surface area contributed by atoms with Crippen molar-refractivity contribution >= 4 is 5.97 Å². The Morgan fingerprint density at radius 2 is 1.09 bits per heavy atom. The second-order valence-electron chi connectivity index (χ2n) is 13.0. The highest BCUT2D eigenvalue weighted by Gasteiger charge is 2.44. The fraction of sp³-hybridized carbons (Fsp3) is 0.972. The second kappa shape index (κ2) is 29.3. The van der Waals surface area contributed by atoms with Crippen LogP contribution in [0.25, 0.3) is 0 Å². The number of aliphatic hydroxyl groups is 4. The van der Waals surface area contributed by atoms with Gasteiger partial charge in [0.25, 0.3) is 0 Å². The topological polar surface area (TPSA) is 135 Å². The smallest absolute Gasteiger partial charge is 0.306 e. The lowest BCUT2D eigenvalue weighted by Gasteiger charge is -2.39. The van der Waals surface area contributed by atoms with Crippen molar-refractivity contribution in [1.82, 2.24) is 0 Å². The Balaban J connectivity index is 2.29. The van der Waals surface area contributed by atoms with E-state index < -0.39 is 43.4 Å². The van der Waals surface area contributed by atoms with Crippen molar-refractivity contribution < 1.29 is 44.2 Å². The Labute approximate surface area is 274 Å². The third-order valence-electron chi connectivity index (χ3n) is 8.77. The van der Waals surface area contributed by atoms with E-state index in [4.69, 9.17) is 18.9 Å². The molecule has 1 rings (SSSR count). The van der Waals surface area contributed by atoms with Gasteiger partial charge in [-0.15, -0.1) is 0 Å². The van der Waals surface area contributed by atoms with E-state index in [9.17, 15) is 25.2 Å². The first kappa shape index (κ1) is 42.2. The van der Waals surface area contributed by atoms with Crippen molar-refractivity contribution in [3.05, 3.63) is 0 Å². The molecule has 6 atom stereocenters. The minimum atomic E-state index is -1.53. The fourth-order valence-electron chi connectivity index (χ4n) is 5.78. The van der Waals surface area contributed by atoms with Crippen molar-refractivity contribution in [3.8, 4) is 0 Å². The van der Waals surface area contributed by atoms with Crippen LogP contribution in [0.2, 0.25) is 0 Å². The van der Waals surface area contributed by atoms with E-state index in [-0.39, 0.29) is 19.2 Å². The maximum absolute atomic E-state index is 12.6. The molecule has 0 saturated carbocycles. The van der Waals surface area contributed by atoms with E-state index in [1.165, 1.54) is 109 Å². The highest BCUT2D eigenvalue weighted by molar-refractivity contribution is 5.69. The first-order chi connectivity index (χ1) is 21.9. The molecule has 0 spiro atoms. The van der Waals surface area contributed by atoms with Gasteiger partial charge in [-0.05, 0) is 12.8 Å². The lowest BCUT2D eigenvalue weighted by Crippen LogP contribution is -2.59. The van der Waals surface area contributed by atoms with Crippen molar-refractivity contribution in [3.63, 3.8) is 0 Å². The standard InChI is InChI=1S/C36H70O9/c1-3-5-7-9-11-12-13-14-15-16-17-18-19-21-23-25-32(38)44-30(28-42-26-24-22-20-10-8-6-4-2)29-43-36-35(41)34(40)33(39)31(27-37)45-36/h30-31,33-37,39-41H,3-29H2,1-2H3. The number of hydrogen-bond donors (Lipinski definition) is 4. The maximum Gasteiger partial charge on any atom is 0.306 e. The van der Waals surface area contributed by atoms with Crippen LogP contribution in [0.1, 0.15) is 162 Å². The van der Waals surface area contributed by atoms with Crippen LogP contribution in [0.15, 0.2) is 0 Å². The predicted octanol–water partition coefficient (Wildman–Crippen LogP) is 6.74. The summed E-state index contributed by atoms with van der Waals surface area (Å²) in [7, 11) is 0. The zero-order valence-corrected chi connectivity index (χ0v) is 28.9. The van der Waals surface area contributed by atoms with Crippen LogP contribution in [0.5, 0.6) is 0 Å². The molecule has 9 heteroatoms. The number of unbranched alkanes of at least 4 members (excludes halogenated alkanes) is 20. The van der Waals surface area contributed by atoms with E-state index in [0.29, 0.717) is 13.0 Å². The number of rotatable bonds is 31. The number of hydrogen-bond acceptors (Lipinski definition) is 9. The molecule has 0 radical (unpaired) electrons. The van der Waals surface area contributed by atoms with Crippen LogP contribution >= 0.6 is 0 Å². The number of carbonyl (C=O) groups excluding carboxylic acids is 1. The molecule has 1 heterocycles. The summed E-state index contributed by atoms with van der Waals surface area (Å²) in [6.45, 7) is 4.53. The van der Waals surface area contributed by atoms with Crippen LogP contribution in [-0.4, -0.2) is 89.6 Å². The Hall–Kier alpha value is -0.810. The Morgan fingerprint density at radius 1 is 0.622 bits per heavy atom. The second-order valence-corrected chi connectivity index (χ2v) is 13.0. The molecule has 45 heavy (non-hydrogen) atoms. The number of ether oxygens (including phenoxy) is 4. The number of carbonyl (C=O) groups is 1. The average molecular weight is 647 g/mol. The monoisotopic (exact) mass is 647 g/mol. The van der Waals surface area contributed by atoms with Gasteiger partial charge in [0.05, 0.1) is 19.8 Å². The molecular formula is C36H70O9. The molecular weight excluding hydrogens is 576 g/mol. The first-order valence-corrected chi connectivity index (χ1v) is 18.6. The largest absolute Gasteiger partial charge is 0.457 e. The summed E-state index contributed by atoms with van der Waals surface area (Å²) < 4.78 is 22.6. The molecule has 9 nitrogen and oxygen atoms in total. The van der Waals surface area contributed by atoms with Crippen LogP contribution in [0, 0.1) is 0 Å². The van der Waals surface area contributed by atoms with Gasteiger partial charge >= 0.3 is 5.97 Å². The summed E-state index contributed by atoms with van der Waals surface area (Å²) in [6, 6.07) is 0. The molecule has 0 aromatic rings. The van der Waals surface area contributed by atoms with Gasteiger partial charge < -0.3 is 39.4 Å². The quantitative estimate of drug-likeness (QED) is 0.0477. The molecule has 1 saturated heterocycles. The van der Waals surface area contributed by atoms with Gasteiger partial charge in [-0.2, -0.15) is 0 Å². The minimum Gasteiger partial charge on any atom is -0.457 e. The lowest BCUT2D eigenvalue weighted by atomic mass is 9.99. The van der Waals surface area contributed by atoms with Crippen LogP contribution in [0.3, 0.4) is 0 Å². The summed E-state index contributed by atoms with van der Waals surface area (Å²) in [4.78, 5) is 12.6. The van der Waals surface area contributed by atoms with Gasteiger partial charge in [0.15, 0.2) is 6.29 Å². The molecule has 0 amide bonds. The van der Waals surface area contributed by atoms with E-state index in [2.05, 4.69) is 13.8 Å². The molecule has 1 fully saturated rings. The fourth-order valence-corrected chi connectivity index (χ4v) is 5.78. The summed E-state index contributed by atoms with van der Waals surface area (Å²) in [5, 5.41) is 39.8. The number of aliphatic hydroxyl groups excluding tert-OH is 4. The van der Waals surface area contributed by atoms with Gasteiger partial charge in [0.1, 0.15) is 30.5 Å². The minimum absolute atomic E-state index is 0.107. The van der Waals surface area contributed by atoms with E-state index >= 15 is 0 Å². The van der Waals surface area contributed by atoms with Gasteiger partial charge in [-0.3, -0.25) is 4.79 Å². The van der Waals surface area contributed by atoms with Crippen LogP contribution in [-0.2, 0) is 23.7 Å². The molecule has 0 aromatic heterocycles. The molecule has 4 N–H and O–H groups in total. The van der Waals surface area contributed by atoms with Crippen molar-refractivity contribution in [2.24, 2.45) is 0 Å². The molecule has 0 bridgehead atoms. The van der Waals surface area contributed by atoms with Gasteiger partial charge in [0.2, 0.25) is 0 Å². The van der Waals surface area contributed by atoms with Gasteiger partial charge in [-0.1, -0.05) is 142 Å². The van der Waals surface area contributed by atoms with Crippen molar-refractivity contribution in [1.29, 1.82) is 0 Å².